The van der Waals surface area contributed by atoms with Crippen molar-refractivity contribution in [2.75, 3.05) is 26.2 Å². The van der Waals surface area contributed by atoms with E-state index in [1.54, 1.807) is 0 Å². The van der Waals surface area contributed by atoms with E-state index in [4.69, 9.17) is 0 Å². The van der Waals surface area contributed by atoms with Crippen LogP contribution in [0.2, 0.25) is 0 Å². The summed E-state index contributed by atoms with van der Waals surface area (Å²) < 4.78 is 0. The van der Waals surface area contributed by atoms with Crippen molar-refractivity contribution in [1.29, 1.82) is 0 Å². The summed E-state index contributed by atoms with van der Waals surface area (Å²) in [6.45, 7) is 14.0. The minimum atomic E-state index is 0.253. The molecule has 1 unspecified atom stereocenters. The Kier molecular flexibility index (Phi) is 3.74. The van der Waals surface area contributed by atoms with Crippen LogP contribution in [0.1, 0.15) is 34.1 Å². The lowest BCUT2D eigenvalue weighted by Gasteiger charge is -2.46. The molecule has 1 fully saturated rings. The number of rotatable bonds is 2. The van der Waals surface area contributed by atoms with Crippen LogP contribution >= 0.6 is 0 Å². The van der Waals surface area contributed by atoms with Gasteiger partial charge in [0, 0.05) is 37.8 Å². The molecular weight excluding hydrogens is 208 g/mol. The zero-order valence-electron chi connectivity index (χ0n) is 11.7. The van der Waals surface area contributed by atoms with Crippen molar-refractivity contribution in [3.05, 3.63) is 23.8 Å². The van der Waals surface area contributed by atoms with Crippen LogP contribution in [-0.2, 0) is 0 Å². The first-order chi connectivity index (χ1) is 8.01. The smallest absolute Gasteiger partial charge is 0.0401 e. The van der Waals surface area contributed by atoms with Crippen LogP contribution in [-0.4, -0.2) is 47.6 Å². The summed E-state index contributed by atoms with van der Waals surface area (Å²) in [6, 6.07) is 0.689. The standard InChI is InChI=1S/C15H26N2/c1-13(2)16-9-11-17(12-10-16)15(4)7-5-14(3)6-8-15/h5-7,13H,8-12H2,1-4H3. The van der Waals surface area contributed by atoms with Crippen LogP contribution in [0.5, 0.6) is 0 Å². The van der Waals surface area contributed by atoms with Gasteiger partial charge in [-0.2, -0.15) is 0 Å². The SMILES string of the molecule is CC1=CCC(C)(N2CCN(C(C)C)CC2)C=C1. The lowest BCUT2D eigenvalue weighted by atomic mass is 9.88. The minimum Gasteiger partial charge on any atom is -0.298 e. The second kappa shape index (κ2) is 4.95. The fourth-order valence-electron chi connectivity index (χ4n) is 2.80. The van der Waals surface area contributed by atoms with Crippen LogP contribution in [0.3, 0.4) is 0 Å². The molecule has 1 atom stereocenters. The molecule has 0 radical (unpaired) electrons. The number of allylic oxidation sites excluding steroid dienone is 2. The molecule has 17 heavy (non-hydrogen) atoms. The van der Waals surface area contributed by atoms with Gasteiger partial charge in [-0.1, -0.05) is 23.8 Å². The third-order valence-electron chi connectivity index (χ3n) is 4.31. The van der Waals surface area contributed by atoms with Crippen molar-refractivity contribution in [3.8, 4) is 0 Å². The summed E-state index contributed by atoms with van der Waals surface area (Å²) in [5.74, 6) is 0. The Balaban J connectivity index is 1.95. The zero-order chi connectivity index (χ0) is 12.5. The molecule has 2 heteroatoms. The van der Waals surface area contributed by atoms with Gasteiger partial charge in [0.15, 0.2) is 0 Å². The number of piperazine rings is 1. The first-order valence-electron chi connectivity index (χ1n) is 6.86. The van der Waals surface area contributed by atoms with Gasteiger partial charge in [-0.05, 0) is 34.1 Å². The van der Waals surface area contributed by atoms with Gasteiger partial charge in [-0.3, -0.25) is 9.80 Å². The second-order valence-electron chi connectivity index (χ2n) is 5.96. The lowest BCUT2D eigenvalue weighted by molar-refractivity contribution is 0.0543. The van der Waals surface area contributed by atoms with Crippen LogP contribution in [0, 0.1) is 0 Å². The van der Waals surface area contributed by atoms with Gasteiger partial charge in [0.05, 0.1) is 0 Å². The van der Waals surface area contributed by atoms with E-state index in [0.29, 0.717) is 6.04 Å². The summed E-state index contributed by atoms with van der Waals surface area (Å²) in [7, 11) is 0. The third-order valence-corrected chi connectivity index (χ3v) is 4.31. The van der Waals surface area contributed by atoms with Gasteiger partial charge < -0.3 is 0 Å². The summed E-state index contributed by atoms with van der Waals surface area (Å²) >= 11 is 0. The Labute approximate surface area is 106 Å². The van der Waals surface area contributed by atoms with Crippen LogP contribution in [0.25, 0.3) is 0 Å². The Hall–Kier alpha value is -0.600. The second-order valence-corrected chi connectivity index (χ2v) is 5.96. The predicted octanol–water partition coefficient (Wildman–Crippen LogP) is 2.68. The average Bonchev–Trinajstić information content (AvgIpc) is 2.33. The summed E-state index contributed by atoms with van der Waals surface area (Å²) in [4.78, 5) is 5.22. The normalized spacial score (nSPS) is 31.9. The van der Waals surface area contributed by atoms with Crippen molar-refractivity contribution in [2.24, 2.45) is 0 Å². The van der Waals surface area contributed by atoms with Gasteiger partial charge in [0.1, 0.15) is 0 Å². The molecule has 1 aliphatic carbocycles. The van der Waals surface area contributed by atoms with Gasteiger partial charge in [0.2, 0.25) is 0 Å². The number of hydrogen-bond donors (Lipinski definition) is 0. The minimum absolute atomic E-state index is 0.253. The van der Waals surface area contributed by atoms with E-state index in [-0.39, 0.29) is 5.54 Å². The van der Waals surface area contributed by atoms with Crippen molar-refractivity contribution in [2.45, 2.75) is 45.7 Å². The Bertz CT molecular complexity index is 322. The highest BCUT2D eigenvalue weighted by Gasteiger charge is 2.32. The predicted molar refractivity (Wildman–Crippen MR) is 74.2 cm³/mol. The molecule has 0 bridgehead atoms. The molecule has 96 valence electrons. The van der Waals surface area contributed by atoms with E-state index in [2.05, 4.69) is 55.7 Å². The summed E-state index contributed by atoms with van der Waals surface area (Å²) in [5, 5.41) is 0. The van der Waals surface area contributed by atoms with Crippen LogP contribution in [0.4, 0.5) is 0 Å². The fraction of sp³-hybridized carbons (Fsp3) is 0.733. The number of nitrogens with zero attached hydrogens (tertiary/aromatic N) is 2. The highest BCUT2D eigenvalue weighted by Crippen LogP contribution is 2.28. The molecule has 0 spiro atoms. The molecule has 0 aromatic heterocycles. The van der Waals surface area contributed by atoms with E-state index in [1.807, 2.05) is 0 Å². The van der Waals surface area contributed by atoms with E-state index >= 15 is 0 Å². The van der Waals surface area contributed by atoms with E-state index in [1.165, 1.54) is 31.8 Å². The molecule has 2 nitrogen and oxygen atoms in total. The van der Waals surface area contributed by atoms with E-state index < -0.39 is 0 Å². The first-order valence-corrected chi connectivity index (χ1v) is 6.86. The van der Waals surface area contributed by atoms with Crippen LogP contribution in [0.15, 0.2) is 23.8 Å². The topological polar surface area (TPSA) is 6.48 Å². The molecule has 2 rings (SSSR count). The van der Waals surface area contributed by atoms with Crippen molar-refractivity contribution in [1.82, 2.24) is 9.80 Å². The molecule has 0 saturated carbocycles. The maximum Gasteiger partial charge on any atom is 0.0401 e. The first kappa shape index (κ1) is 12.8. The van der Waals surface area contributed by atoms with Crippen LogP contribution < -0.4 is 0 Å². The molecule has 0 aromatic carbocycles. The van der Waals surface area contributed by atoms with E-state index in [9.17, 15) is 0 Å². The molecule has 1 saturated heterocycles. The van der Waals surface area contributed by atoms with Gasteiger partial charge in [-0.15, -0.1) is 0 Å². The molecule has 1 heterocycles. The summed E-state index contributed by atoms with van der Waals surface area (Å²) in [6.07, 6.45) is 8.21. The average molecular weight is 234 g/mol. The maximum atomic E-state index is 2.64. The molecular formula is C15H26N2. The van der Waals surface area contributed by atoms with Gasteiger partial charge >= 0.3 is 0 Å². The molecule has 1 aliphatic heterocycles. The molecule has 2 aliphatic rings. The summed E-state index contributed by atoms with van der Waals surface area (Å²) in [5.41, 5.74) is 1.66. The maximum absolute atomic E-state index is 2.64. The largest absolute Gasteiger partial charge is 0.298 e. The van der Waals surface area contributed by atoms with Gasteiger partial charge in [-0.25, -0.2) is 0 Å². The quantitative estimate of drug-likeness (QED) is 0.725. The Morgan fingerprint density at radius 2 is 1.82 bits per heavy atom. The van der Waals surface area contributed by atoms with Gasteiger partial charge in [0.25, 0.3) is 0 Å². The zero-order valence-corrected chi connectivity index (χ0v) is 11.7. The Morgan fingerprint density at radius 1 is 1.18 bits per heavy atom. The molecule has 0 aromatic rings. The fourth-order valence-corrected chi connectivity index (χ4v) is 2.80. The number of hydrogen-bond acceptors (Lipinski definition) is 2. The lowest BCUT2D eigenvalue weighted by Crippen LogP contribution is -2.56. The van der Waals surface area contributed by atoms with E-state index in [0.717, 1.165) is 6.42 Å². The third kappa shape index (κ3) is 2.80. The monoisotopic (exact) mass is 234 g/mol. The molecule has 0 N–H and O–H groups in total. The van der Waals surface area contributed by atoms with Crippen molar-refractivity contribution in [3.63, 3.8) is 0 Å². The molecule has 0 amide bonds. The highest BCUT2D eigenvalue weighted by atomic mass is 15.3. The Morgan fingerprint density at radius 3 is 2.29 bits per heavy atom. The highest BCUT2D eigenvalue weighted by molar-refractivity contribution is 5.27. The van der Waals surface area contributed by atoms with Crippen molar-refractivity contribution < 1.29 is 0 Å². The van der Waals surface area contributed by atoms with Crippen molar-refractivity contribution >= 4 is 0 Å².